The first-order valence-electron chi connectivity index (χ1n) is 6.67. The molecule has 0 amide bonds. The lowest BCUT2D eigenvalue weighted by Gasteiger charge is -2.40. The Morgan fingerprint density at radius 1 is 1.33 bits per heavy atom. The predicted octanol–water partition coefficient (Wildman–Crippen LogP) is 1.99. The van der Waals surface area contributed by atoms with Crippen LogP contribution in [-0.4, -0.2) is 49.6 Å². The maximum Gasteiger partial charge on any atom is 0.522 e. The van der Waals surface area contributed by atoms with Crippen LogP contribution in [-0.2, 0) is 4.74 Å². The monoisotopic (exact) mass is 266 g/mol. The third-order valence-corrected chi connectivity index (χ3v) is 3.84. The molecule has 0 bridgehead atoms. The first kappa shape index (κ1) is 14.1. The van der Waals surface area contributed by atoms with E-state index < -0.39 is 6.36 Å². The van der Waals surface area contributed by atoms with Crippen molar-refractivity contribution in [3.8, 4) is 0 Å². The Bertz CT molecular complexity index is 269. The number of nitrogens with one attached hydrogen (secondary N) is 1. The van der Waals surface area contributed by atoms with Crippen LogP contribution < -0.4 is 5.32 Å². The molecule has 1 saturated carbocycles. The second-order valence-electron chi connectivity index (χ2n) is 5.21. The van der Waals surface area contributed by atoms with Crippen LogP contribution >= 0.6 is 0 Å². The SMILES string of the molecule is CCC1CN(CCOC(F)(F)F)C(C2CC2)CN1. The molecule has 1 heterocycles. The zero-order valence-electron chi connectivity index (χ0n) is 10.7. The van der Waals surface area contributed by atoms with Gasteiger partial charge in [-0.1, -0.05) is 6.92 Å². The molecule has 0 aromatic carbocycles. The number of hydrogen-bond acceptors (Lipinski definition) is 3. The van der Waals surface area contributed by atoms with Gasteiger partial charge in [0, 0.05) is 31.7 Å². The number of ether oxygens (including phenoxy) is 1. The zero-order valence-corrected chi connectivity index (χ0v) is 10.7. The average Bonchev–Trinajstić information content (AvgIpc) is 3.11. The summed E-state index contributed by atoms with van der Waals surface area (Å²) in [5, 5.41) is 3.47. The molecular weight excluding hydrogens is 245 g/mol. The summed E-state index contributed by atoms with van der Waals surface area (Å²) in [7, 11) is 0. The lowest BCUT2D eigenvalue weighted by atomic mass is 10.0. The molecular formula is C12H21F3N2O. The van der Waals surface area contributed by atoms with Crippen LogP contribution in [0.3, 0.4) is 0 Å². The van der Waals surface area contributed by atoms with Gasteiger partial charge in [0.2, 0.25) is 0 Å². The Morgan fingerprint density at radius 2 is 2.06 bits per heavy atom. The molecule has 1 aliphatic carbocycles. The van der Waals surface area contributed by atoms with Crippen LogP contribution in [0.5, 0.6) is 0 Å². The highest BCUT2D eigenvalue weighted by Crippen LogP contribution is 2.36. The summed E-state index contributed by atoms with van der Waals surface area (Å²) in [5.74, 6) is 0.668. The Labute approximate surface area is 106 Å². The van der Waals surface area contributed by atoms with Gasteiger partial charge in [-0.05, 0) is 25.2 Å². The van der Waals surface area contributed by atoms with Gasteiger partial charge in [0.1, 0.15) is 0 Å². The van der Waals surface area contributed by atoms with Crippen LogP contribution in [0, 0.1) is 5.92 Å². The summed E-state index contributed by atoms with van der Waals surface area (Å²) >= 11 is 0. The maximum atomic E-state index is 12.0. The van der Waals surface area contributed by atoms with E-state index in [1.165, 1.54) is 12.8 Å². The van der Waals surface area contributed by atoms with Gasteiger partial charge < -0.3 is 5.32 Å². The van der Waals surface area contributed by atoms with Gasteiger partial charge in [0.05, 0.1) is 6.61 Å². The van der Waals surface area contributed by atoms with Crippen LogP contribution in [0.1, 0.15) is 26.2 Å². The minimum absolute atomic E-state index is 0.261. The molecule has 0 spiro atoms. The largest absolute Gasteiger partial charge is 0.522 e. The second-order valence-corrected chi connectivity index (χ2v) is 5.21. The second kappa shape index (κ2) is 5.75. The summed E-state index contributed by atoms with van der Waals surface area (Å²) in [6.07, 6.45) is -1.08. The maximum absolute atomic E-state index is 12.0. The number of rotatable bonds is 5. The van der Waals surface area contributed by atoms with Crippen molar-refractivity contribution >= 4 is 0 Å². The van der Waals surface area contributed by atoms with Crippen molar-refractivity contribution < 1.29 is 17.9 Å². The fourth-order valence-corrected chi connectivity index (χ4v) is 2.65. The minimum atomic E-state index is -4.51. The predicted molar refractivity (Wildman–Crippen MR) is 62.2 cm³/mol. The van der Waals surface area contributed by atoms with Gasteiger partial charge in [-0.3, -0.25) is 9.64 Å². The molecule has 0 aromatic rings. The van der Waals surface area contributed by atoms with Crippen molar-refractivity contribution in [1.82, 2.24) is 10.2 Å². The Balaban J connectivity index is 1.81. The number of halogens is 3. The van der Waals surface area contributed by atoms with Gasteiger partial charge in [-0.15, -0.1) is 13.2 Å². The molecule has 0 radical (unpaired) electrons. The van der Waals surface area contributed by atoms with Gasteiger partial charge >= 0.3 is 6.36 Å². The highest BCUT2D eigenvalue weighted by atomic mass is 19.4. The van der Waals surface area contributed by atoms with Gasteiger partial charge in [0.15, 0.2) is 0 Å². The van der Waals surface area contributed by atoms with E-state index in [1.807, 2.05) is 0 Å². The molecule has 2 unspecified atom stereocenters. The highest BCUT2D eigenvalue weighted by molar-refractivity contribution is 4.94. The number of piperazine rings is 1. The van der Waals surface area contributed by atoms with Crippen molar-refractivity contribution in [3.05, 3.63) is 0 Å². The van der Waals surface area contributed by atoms with E-state index in [9.17, 15) is 13.2 Å². The van der Waals surface area contributed by atoms with E-state index in [2.05, 4.69) is 21.9 Å². The highest BCUT2D eigenvalue weighted by Gasteiger charge is 2.38. The molecule has 0 aromatic heterocycles. The quantitative estimate of drug-likeness (QED) is 0.823. The summed E-state index contributed by atoms with van der Waals surface area (Å²) < 4.78 is 39.8. The van der Waals surface area contributed by atoms with Crippen LogP contribution in [0.4, 0.5) is 13.2 Å². The Hall–Kier alpha value is -0.330. The van der Waals surface area contributed by atoms with Crippen molar-refractivity contribution in [1.29, 1.82) is 0 Å². The molecule has 1 N–H and O–H groups in total. The Morgan fingerprint density at radius 3 is 2.61 bits per heavy atom. The third-order valence-electron chi connectivity index (χ3n) is 3.84. The summed E-state index contributed by atoms with van der Waals surface area (Å²) in [5.41, 5.74) is 0. The summed E-state index contributed by atoms with van der Waals surface area (Å²) in [6.45, 7) is 3.94. The normalized spacial score (nSPS) is 30.7. The van der Waals surface area contributed by atoms with Crippen molar-refractivity contribution in [2.45, 2.75) is 44.6 Å². The van der Waals surface area contributed by atoms with E-state index in [0.717, 1.165) is 19.5 Å². The third kappa shape index (κ3) is 4.10. The molecule has 2 atom stereocenters. The number of alkyl halides is 3. The standard InChI is InChI=1S/C12H21F3N2O/c1-2-10-8-17(5-6-18-12(13,14)15)11(7-16-10)9-3-4-9/h9-11,16H,2-8H2,1H3. The fraction of sp³-hybridized carbons (Fsp3) is 1.00. The molecule has 2 aliphatic rings. The van der Waals surface area contributed by atoms with Gasteiger partial charge in [-0.2, -0.15) is 0 Å². The zero-order chi connectivity index (χ0) is 13.2. The Kier molecular flexibility index (Phi) is 4.50. The molecule has 3 nitrogen and oxygen atoms in total. The fourth-order valence-electron chi connectivity index (χ4n) is 2.65. The van der Waals surface area contributed by atoms with Crippen LogP contribution in [0.25, 0.3) is 0 Å². The molecule has 2 fully saturated rings. The smallest absolute Gasteiger partial charge is 0.311 e. The average molecular weight is 266 g/mol. The van der Waals surface area contributed by atoms with Gasteiger partial charge in [0.25, 0.3) is 0 Å². The lowest BCUT2D eigenvalue weighted by molar-refractivity contribution is -0.325. The molecule has 106 valence electrons. The van der Waals surface area contributed by atoms with Crippen molar-refractivity contribution in [2.24, 2.45) is 5.92 Å². The molecule has 1 saturated heterocycles. The van der Waals surface area contributed by atoms with E-state index >= 15 is 0 Å². The lowest BCUT2D eigenvalue weighted by Crippen LogP contribution is -2.57. The van der Waals surface area contributed by atoms with Crippen molar-refractivity contribution in [2.75, 3.05) is 26.2 Å². The minimum Gasteiger partial charge on any atom is -0.311 e. The first-order valence-corrected chi connectivity index (χ1v) is 6.67. The molecule has 18 heavy (non-hydrogen) atoms. The molecule has 6 heteroatoms. The summed E-state index contributed by atoms with van der Waals surface area (Å²) in [4.78, 5) is 2.17. The van der Waals surface area contributed by atoms with E-state index in [-0.39, 0.29) is 6.61 Å². The molecule has 2 rings (SSSR count). The van der Waals surface area contributed by atoms with Crippen molar-refractivity contribution in [3.63, 3.8) is 0 Å². The van der Waals surface area contributed by atoms with Crippen LogP contribution in [0.2, 0.25) is 0 Å². The first-order chi connectivity index (χ1) is 8.49. The summed E-state index contributed by atoms with van der Waals surface area (Å²) in [6, 6.07) is 0.788. The van der Waals surface area contributed by atoms with E-state index in [4.69, 9.17) is 0 Å². The number of hydrogen-bond donors (Lipinski definition) is 1. The molecule has 1 aliphatic heterocycles. The number of nitrogens with zero attached hydrogens (tertiary/aromatic N) is 1. The van der Waals surface area contributed by atoms with E-state index in [0.29, 0.717) is 24.5 Å². The van der Waals surface area contributed by atoms with Gasteiger partial charge in [-0.25, -0.2) is 0 Å². The van der Waals surface area contributed by atoms with Crippen LogP contribution in [0.15, 0.2) is 0 Å². The van der Waals surface area contributed by atoms with E-state index in [1.54, 1.807) is 0 Å². The topological polar surface area (TPSA) is 24.5 Å².